The van der Waals surface area contributed by atoms with Gasteiger partial charge in [-0.2, -0.15) is 0 Å². The second-order valence-electron chi connectivity index (χ2n) is 7.19. The summed E-state index contributed by atoms with van der Waals surface area (Å²) in [5, 5.41) is 14.6. The average molecular weight is 418 g/mol. The predicted molar refractivity (Wildman–Crippen MR) is 113 cm³/mol. The highest BCUT2D eigenvalue weighted by atomic mass is 32.2. The van der Waals surface area contributed by atoms with Gasteiger partial charge in [0.25, 0.3) is 0 Å². The van der Waals surface area contributed by atoms with Gasteiger partial charge in [0.05, 0.1) is 18.6 Å². The predicted octanol–water partition coefficient (Wildman–Crippen LogP) is 3.80. The Morgan fingerprint density at radius 3 is 2.71 bits per heavy atom. The van der Waals surface area contributed by atoms with Crippen molar-refractivity contribution in [3.05, 3.63) is 58.3 Å². The number of phenols is 1. The number of sulfone groups is 1. The van der Waals surface area contributed by atoms with Crippen molar-refractivity contribution >= 4 is 31.9 Å². The Bertz CT molecular complexity index is 1080. The average Bonchev–Trinajstić information content (AvgIpc) is 3.31. The highest BCUT2D eigenvalue weighted by Gasteiger charge is 2.33. The van der Waals surface area contributed by atoms with E-state index in [9.17, 15) is 13.5 Å². The molecule has 1 saturated heterocycles. The molecule has 148 valence electrons. The molecule has 0 radical (unpaired) electrons. The van der Waals surface area contributed by atoms with Crippen molar-refractivity contribution in [1.82, 2.24) is 4.90 Å². The normalized spacial score (nSPS) is 18.7. The standard InChI is InChI=1S/C21H23NO4S2/c1-26-17-6-4-15-5-7-21(23)20(19(15)11-17)13-22(12-18-3-2-9-27-18)16-8-10-28(24,25)14-16/h2-7,9,11,16,23H,8,10,12-14H2,1H3/t16-/m0/s1. The van der Waals surface area contributed by atoms with Crippen LogP contribution in [0.15, 0.2) is 47.8 Å². The molecular formula is C21H23NO4S2. The summed E-state index contributed by atoms with van der Waals surface area (Å²) in [6, 6.07) is 13.4. The van der Waals surface area contributed by atoms with Gasteiger partial charge < -0.3 is 9.84 Å². The van der Waals surface area contributed by atoms with Crippen molar-refractivity contribution in [2.45, 2.75) is 25.6 Å². The second kappa shape index (κ2) is 7.73. The number of hydrogen-bond donors (Lipinski definition) is 1. The first-order valence-corrected chi connectivity index (χ1v) is 11.9. The maximum absolute atomic E-state index is 12.1. The zero-order valence-corrected chi connectivity index (χ0v) is 17.3. The van der Waals surface area contributed by atoms with Gasteiger partial charge in [0.15, 0.2) is 9.84 Å². The third-order valence-corrected chi connectivity index (χ3v) is 7.95. The summed E-state index contributed by atoms with van der Waals surface area (Å²) in [5.74, 6) is 1.35. The summed E-state index contributed by atoms with van der Waals surface area (Å²) in [6.07, 6.45) is 0.628. The molecule has 2 aromatic carbocycles. The van der Waals surface area contributed by atoms with Crippen LogP contribution < -0.4 is 4.74 Å². The monoisotopic (exact) mass is 417 g/mol. The van der Waals surface area contributed by atoms with Gasteiger partial charge in [-0.3, -0.25) is 4.90 Å². The van der Waals surface area contributed by atoms with Crippen LogP contribution >= 0.6 is 11.3 Å². The number of ether oxygens (including phenoxy) is 1. The number of methoxy groups -OCH3 is 1. The molecule has 1 fully saturated rings. The van der Waals surface area contributed by atoms with E-state index in [1.807, 2.05) is 35.7 Å². The molecule has 2 heterocycles. The van der Waals surface area contributed by atoms with E-state index in [0.29, 0.717) is 19.5 Å². The summed E-state index contributed by atoms with van der Waals surface area (Å²) in [4.78, 5) is 3.37. The zero-order chi connectivity index (χ0) is 19.7. The fourth-order valence-electron chi connectivity index (χ4n) is 3.83. The van der Waals surface area contributed by atoms with Crippen molar-refractivity contribution in [2.24, 2.45) is 0 Å². The van der Waals surface area contributed by atoms with Crippen LogP contribution in [0.4, 0.5) is 0 Å². The molecule has 0 unspecified atom stereocenters. The Morgan fingerprint density at radius 1 is 1.21 bits per heavy atom. The lowest BCUT2D eigenvalue weighted by Gasteiger charge is -2.28. The topological polar surface area (TPSA) is 66.8 Å². The molecule has 1 aliphatic heterocycles. The molecule has 1 N–H and O–H groups in total. The van der Waals surface area contributed by atoms with Crippen molar-refractivity contribution in [1.29, 1.82) is 0 Å². The first kappa shape index (κ1) is 19.2. The maximum atomic E-state index is 12.1. The quantitative estimate of drug-likeness (QED) is 0.661. The molecule has 1 aliphatic rings. The molecule has 4 rings (SSSR count). The van der Waals surface area contributed by atoms with E-state index in [1.165, 1.54) is 4.88 Å². The van der Waals surface area contributed by atoms with Gasteiger partial charge in [0.2, 0.25) is 0 Å². The van der Waals surface area contributed by atoms with Crippen molar-refractivity contribution in [3.8, 4) is 11.5 Å². The molecule has 0 spiro atoms. The fourth-order valence-corrected chi connectivity index (χ4v) is 6.32. The summed E-state index contributed by atoms with van der Waals surface area (Å²) >= 11 is 1.66. The molecule has 3 aromatic rings. The van der Waals surface area contributed by atoms with Crippen molar-refractivity contribution in [2.75, 3.05) is 18.6 Å². The van der Waals surface area contributed by atoms with Crippen molar-refractivity contribution < 1.29 is 18.3 Å². The fraction of sp³-hybridized carbons (Fsp3) is 0.333. The summed E-state index contributed by atoms with van der Waals surface area (Å²) in [5.41, 5.74) is 0.803. The summed E-state index contributed by atoms with van der Waals surface area (Å²) < 4.78 is 29.5. The van der Waals surface area contributed by atoms with E-state index >= 15 is 0 Å². The Labute approximate surface area is 169 Å². The molecule has 0 bridgehead atoms. The van der Waals surface area contributed by atoms with E-state index in [0.717, 1.165) is 22.1 Å². The third kappa shape index (κ3) is 4.01. The van der Waals surface area contributed by atoms with Gasteiger partial charge in [-0.25, -0.2) is 8.42 Å². The number of phenolic OH excluding ortho intramolecular Hbond substituents is 1. The van der Waals surface area contributed by atoms with E-state index < -0.39 is 9.84 Å². The lowest BCUT2D eigenvalue weighted by Crippen LogP contribution is -2.35. The Kier molecular flexibility index (Phi) is 5.31. The van der Waals surface area contributed by atoms with Crippen LogP contribution in [0.3, 0.4) is 0 Å². The van der Waals surface area contributed by atoms with Crippen LogP contribution in [0.1, 0.15) is 16.9 Å². The molecule has 0 aliphatic carbocycles. The first-order valence-electron chi connectivity index (χ1n) is 9.20. The molecule has 1 aromatic heterocycles. The van der Waals surface area contributed by atoms with Gasteiger partial charge in [-0.15, -0.1) is 11.3 Å². The molecule has 5 nitrogen and oxygen atoms in total. The number of hydrogen-bond acceptors (Lipinski definition) is 6. The van der Waals surface area contributed by atoms with Gasteiger partial charge >= 0.3 is 0 Å². The number of fused-ring (bicyclic) bond motifs is 1. The first-order chi connectivity index (χ1) is 13.4. The summed E-state index contributed by atoms with van der Waals surface area (Å²) in [7, 11) is -1.37. The molecule has 1 atom stereocenters. The lowest BCUT2D eigenvalue weighted by molar-refractivity contribution is 0.195. The van der Waals surface area contributed by atoms with E-state index in [4.69, 9.17) is 4.74 Å². The molecule has 28 heavy (non-hydrogen) atoms. The number of benzene rings is 2. The minimum atomic E-state index is -3.00. The van der Waals surface area contributed by atoms with Crippen LogP contribution in [-0.4, -0.2) is 43.1 Å². The van der Waals surface area contributed by atoms with Crippen LogP contribution in [0.5, 0.6) is 11.5 Å². The molecular weight excluding hydrogens is 394 g/mol. The van der Waals surface area contributed by atoms with Gasteiger partial charge in [0, 0.05) is 29.6 Å². The van der Waals surface area contributed by atoms with E-state index in [1.54, 1.807) is 24.5 Å². The summed E-state index contributed by atoms with van der Waals surface area (Å²) in [6.45, 7) is 1.14. The van der Waals surface area contributed by atoms with Crippen LogP contribution in [0, 0.1) is 0 Å². The second-order valence-corrected chi connectivity index (χ2v) is 10.5. The van der Waals surface area contributed by atoms with E-state index in [2.05, 4.69) is 11.0 Å². The Balaban J connectivity index is 1.72. The highest BCUT2D eigenvalue weighted by molar-refractivity contribution is 7.91. The Morgan fingerprint density at radius 2 is 2.04 bits per heavy atom. The van der Waals surface area contributed by atoms with E-state index in [-0.39, 0.29) is 23.3 Å². The number of thiophene rings is 1. The number of nitrogens with zero attached hydrogens (tertiary/aromatic N) is 1. The minimum Gasteiger partial charge on any atom is -0.508 e. The van der Waals surface area contributed by atoms with Crippen LogP contribution in [0.2, 0.25) is 0 Å². The molecule has 0 saturated carbocycles. The van der Waals surface area contributed by atoms with Crippen molar-refractivity contribution in [3.63, 3.8) is 0 Å². The molecule has 0 amide bonds. The van der Waals surface area contributed by atoms with Crippen LogP contribution in [-0.2, 0) is 22.9 Å². The van der Waals surface area contributed by atoms with Gasteiger partial charge in [-0.1, -0.05) is 18.2 Å². The number of aromatic hydroxyl groups is 1. The highest BCUT2D eigenvalue weighted by Crippen LogP contribution is 2.33. The maximum Gasteiger partial charge on any atom is 0.151 e. The SMILES string of the molecule is COc1ccc2ccc(O)c(CN(Cc3cccs3)[C@H]3CCS(=O)(=O)C3)c2c1. The van der Waals surface area contributed by atoms with Gasteiger partial charge in [0.1, 0.15) is 11.5 Å². The minimum absolute atomic E-state index is 0.0487. The smallest absolute Gasteiger partial charge is 0.151 e. The zero-order valence-electron chi connectivity index (χ0n) is 15.7. The van der Waals surface area contributed by atoms with Gasteiger partial charge in [-0.05, 0) is 46.8 Å². The molecule has 7 heteroatoms. The Hall–Kier alpha value is -2.09. The largest absolute Gasteiger partial charge is 0.508 e. The number of rotatable bonds is 6. The lowest BCUT2D eigenvalue weighted by atomic mass is 10.0. The van der Waals surface area contributed by atoms with Crippen LogP contribution in [0.25, 0.3) is 10.8 Å². The third-order valence-electron chi connectivity index (χ3n) is 5.34.